The zero-order valence-electron chi connectivity index (χ0n) is 43.4. The van der Waals surface area contributed by atoms with E-state index in [1.165, 1.54) is 12.6 Å². The number of carbonyl (C=O) groups is 1. The standard InChI is InChI=1S/C6H10N2O.4C6H6.C5H8N2S.C5H8N2.C4H5N2.C2H4O.4C2H6.Mg.H/c1-5(9)6-3-8(2)4-7-6;4*1-2-4-6-5-3-1;1-2-4-3-6-5(8)7-4;1-2-5-3-6-4-7-5;1-4-2-5-3-6-4;1-2-3;4*1-2;;/h3-5,9H,1-2H3;4*1-6H;3H,2H2,1H3,(H2,6,7,8);3-4H,2H2,1H3,(H,6,7);2-3H,1H2,(H,5,6);2H,1H3;4*1-2H3;;/q;;;;;;;-1;;;;;;+2;-1. The smallest absolute Gasteiger partial charge is 1.00 e. The molecule has 10 nitrogen and oxygen atoms in total. The average Bonchev–Trinajstić information content (AvgIpc) is 4.26. The average molecular weight is 934 g/mol. The second kappa shape index (κ2) is 63.5. The van der Waals surface area contributed by atoms with Crippen LogP contribution in [0, 0.1) is 11.7 Å². The molecule has 0 fully saturated rings. The topological polar surface area (TPSA) is 144 Å². The summed E-state index contributed by atoms with van der Waals surface area (Å²) >= 11 is 4.79. The number of aliphatic hydroxyl groups is 1. The van der Waals surface area contributed by atoms with Crippen molar-refractivity contribution < 1.29 is 11.3 Å². The van der Waals surface area contributed by atoms with Crippen LogP contribution in [0.4, 0.5) is 0 Å². The van der Waals surface area contributed by atoms with Crippen LogP contribution in [-0.2, 0) is 24.7 Å². The van der Waals surface area contributed by atoms with Crippen LogP contribution in [0.3, 0.4) is 0 Å². The molecule has 1 atom stereocenters. The summed E-state index contributed by atoms with van der Waals surface area (Å²) in [4.78, 5) is 31.9. The number of aliphatic hydroxyl groups excluding tert-OH is 1. The number of carbonyl (C=O) groups excluding carboxylic acids is 1. The Morgan fingerprint density at radius 3 is 1.08 bits per heavy atom. The van der Waals surface area contributed by atoms with Gasteiger partial charge in [0.15, 0.2) is 4.77 Å². The predicted octanol–water partition coefficient (Wildman–Crippen LogP) is 14.5. The number of benzene rings is 4. The molecular formula is C54H84MgN8O2S. The van der Waals surface area contributed by atoms with E-state index in [-0.39, 0.29) is 24.5 Å². The first kappa shape index (κ1) is 71.8. The Bertz CT molecular complexity index is 1730. The summed E-state index contributed by atoms with van der Waals surface area (Å²) in [5, 5.41) is 8.96. The number of imidazole rings is 4. The van der Waals surface area contributed by atoms with Gasteiger partial charge in [-0.2, -0.15) is 0 Å². The van der Waals surface area contributed by atoms with Crippen LogP contribution in [0.2, 0.25) is 0 Å². The maximum absolute atomic E-state index is 8.96. The Labute approximate surface area is 422 Å². The second-order valence-electron chi connectivity index (χ2n) is 11.1. The molecule has 0 aliphatic carbocycles. The summed E-state index contributed by atoms with van der Waals surface area (Å²) in [5.74, 6) is 0. The summed E-state index contributed by atoms with van der Waals surface area (Å²) in [6.45, 7) is 26.9. The number of aromatic amines is 4. The van der Waals surface area contributed by atoms with E-state index in [0.717, 1.165) is 36.2 Å². The summed E-state index contributed by atoms with van der Waals surface area (Å²) in [6, 6.07) is 48.0. The van der Waals surface area contributed by atoms with E-state index < -0.39 is 6.10 Å². The Kier molecular flexibility index (Phi) is 69.1. The summed E-state index contributed by atoms with van der Waals surface area (Å²) in [7, 11) is 1.87. The van der Waals surface area contributed by atoms with Crippen molar-refractivity contribution in [3.05, 3.63) is 224 Å². The molecule has 0 aliphatic heterocycles. The van der Waals surface area contributed by atoms with Gasteiger partial charge in [-0.15, -0.1) is 5.69 Å². The number of aromatic nitrogens is 8. The number of hydrogen-bond donors (Lipinski definition) is 5. The molecule has 0 saturated heterocycles. The maximum Gasteiger partial charge on any atom is 2.00 e. The van der Waals surface area contributed by atoms with E-state index in [9.17, 15) is 0 Å². The minimum absolute atomic E-state index is 0. The molecular weight excluding hydrogens is 849 g/mol. The van der Waals surface area contributed by atoms with E-state index in [4.69, 9.17) is 22.1 Å². The molecule has 8 aromatic rings. The first-order valence-corrected chi connectivity index (χ1v) is 22.8. The van der Waals surface area contributed by atoms with E-state index in [2.05, 4.69) is 55.7 Å². The third kappa shape index (κ3) is 56.2. The fourth-order valence-corrected chi connectivity index (χ4v) is 3.70. The van der Waals surface area contributed by atoms with Gasteiger partial charge in [-0.05, 0) is 38.9 Å². The van der Waals surface area contributed by atoms with Gasteiger partial charge in [-0.1, -0.05) is 221 Å². The largest absolute Gasteiger partial charge is 2.00 e. The zero-order chi connectivity index (χ0) is 50.0. The number of hydrogen-bond acceptors (Lipinski definition) is 6. The molecule has 0 bridgehead atoms. The van der Waals surface area contributed by atoms with Gasteiger partial charge in [-0.25, -0.2) is 16.9 Å². The molecule has 0 radical (unpaired) electrons. The minimum atomic E-state index is -0.453. The minimum Gasteiger partial charge on any atom is -1.00 e. The van der Waals surface area contributed by atoms with E-state index in [1.54, 1.807) is 38.3 Å². The number of nitrogens with one attached hydrogen (secondary N) is 4. The van der Waals surface area contributed by atoms with E-state index >= 15 is 0 Å². The van der Waals surface area contributed by atoms with Gasteiger partial charge in [0.05, 0.1) is 30.8 Å². The second-order valence-corrected chi connectivity index (χ2v) is 11.5. The van der Waals surface area contributed by atoms with Gasteiger partial charge < -0.3 is 40.8 Å². The molecule has 360 valence electrons. The van der Waals surface area contributed by atoms with Crippen LogP contribution in [0.1, 0.15) is 113 Å². The van der Waals surface area contributed by atoms with Crippen LogP contribution in [-0.4, -0.2) is 73.9 Å². The normalized spacial score (nSPS) is 8.27. The van der Waals surface area contributed by atoms with Crippen molar-refractivity contribution in [3.63, 3.8) is 0 Å². The van der Waals surface area contributed by atoms with Gasteiger partial charge in [-0.3, -0.25) is 0 Å². The molecule has 12 heteroatoms. The zero-order valence-corrected chi connectivity index (χ0v) is 44.7. The molecule has 4 aromatic heterocycles. The third-order valence-corrected chi connectivity index (χ3v) is 6.56. The van der Waals surface area contributed by atoms with Crippen molar-refractivity contribution in [2.45, 2.75) is 102 Å². The van der Waals surface area contributed by atoms with Crippen molar-refractivity contribution in [2.75, 3.05) is 0 Å². The molecule has 0 spiro atoms. The Morgan fingerprint density at radius 1 is 0.636 bits per heavy atom. The Hall–Kier alpha value is -5.79. The number of nitrogens with zero attached hydrogens (tertiary/aromatic N) is 4. The van der Waals surface area contributed by atoms with Crippen molar-refractivity contribution in [1.82, 2.24) is 39.5 Å². The van der Waals surface area contributed by atoms with Crippen molar-refractivity contribution in [1.29, 1.82) is 0 Å². The molecule has 4 aromatic carbocycles. The fraction of sp³-hybridized carbons (Fsp3) is 0.296. The van der Waals surface area contributed by atoms with Gasteiger partial charge >= 0.3 is 23.1 Å². The molecule has 0 saturated carbocycles. The fourth-order valence-electron chi connectivity index (χ4n) is 3.51. The molecule has 1 unspecified atom stereocenters. The van der Waals surface area contributed by atoms with Crippen LogP contribution in [0.5, 0.6) is 0 Å². The van der Waals surface area contributed by atoms with Crippen LogP contribution >= 0.6 is 12.2 Å². The van der Waals surface area contributed by atoms with Crippen LogP contribution in [0.15, 0.2) is 189 Å². The third-order valence-electron chi connectivity index (χ3n) is 6.34. The first-order valence-electron chi connectivity index (χ1n) is 22.4. The summed E-state index contributed by atoms with van der Waals surface area (Å²) in [6.07, 6.45) is 14.5. The molecule has 0 amide bonds. The van der Waals surface area contributed by atoms with Gasteiger partial charge in [0.25, 0.3) is 0 Å². The number of rotatable bonds is 3. The van der Waals surface area contributed by atoms with Gasteiger partial charge in [0.1, 0.15) is 6.29 Å². The maximum atomic E-state index is 8.96. The predicted molar refractivity (Wildman–Crippen MR) is 290 cm³/mol. The van der Waals surface area contributed by atoms with Crippen molar-refractivity contribution in [2.24, 2.45) is 7.05 Å². The Morgan fingerprint density at radius 2 is 0.955 bits per heavy atom. The van der Waals surface area contributed by atoms with Crippen LogP contribution in [0.25, 0.3) is 0 Å². The van der Waals surface area contributed by atoms with E-state index in [1.807, 2.05) is 225 Å². The monoisotopic (exact) mass is 933 g/mol. The van der Waals surface area contributed by atoms with E-state index in [0.29, 0.717) is 4.77 Å². The molecule has 66 heavy (non-hydrogen) atoms. The number of H-pyrrole nitrogens is 4. The molecule has 8 rings (SSSR count). The number of aldehydes is 1. The van der Waals surface area contributed by atoms with Gasteiger partial charge in [0.2, 0.25) is 0 Å². The van der Waals surface area contributed by atoms with Crippen LogP contribution < -0.4 is 0 Å². The quantitative estimate of drug-likeness (QED) is 0.0516. The summed E-state index contributed by atoms with van der Waals surface area (Å²) in [5.41, 5.74) is 3.93. The summed E-state index contributed by atoms with van der Waals surface area (Å²) < 4.78 is 2.52. The Balaban J connectivity index is -0.000000119. The molecule has 5 N–H and O–H groups in total. The van der Waals surface area contributed by atoms with Gasteiger partial charge in [0, 0.05) is 37.0 Å². The molecule has 4 heterocycles. The SMILES string of the molecule is CC.CC.CC.CC.CC(O)c1cn(C)cn1.CC=O.CCc1c[nH]c(=S)[nH]1.CCc1cnc[nH]1.[CH2-]c1cnc[nH]1.[H-].[Mg+2].c1ccccc1.c1ccccc1.c1ccccc1.c1ccccc1. The van der Waals surface area contributed by atoms with Crippen molar-refractivity contribution in [3.8, 4) is 0 Å². The van der Waals surface area contributed by atoms with Crippen molar-refractivity contribution >= 4 is 41.6 Å². The number of aryl methyl sites for hydroxylation is 3. The molecule has 0 aliphatic rings. The first-order chi connectivity index (χ1) is 31.8.